The Kier molecular flexibility index (Phi) is 2.68. The van der Waals surface area contributed by atoms with Gasteiger partial charge in [0.1, 0.15) is 5.75 Å². The molecule has 0 unspecified atom stereocenters. The number of hydrogen-bond donors (Lipinski definition) is 0. The van der Waals surface area contributed by atoms with Crippen LogP contribution in [0, 0.1) is 0 Å². The maximum absolute atomic E-state index is 11.7. The Labute approximate surface area is 67.0 Å². The van der Waals surface area contributed by atoms with E-state index in [1.165, 1.54) is 12.3 Å². The molecule has 64 valence electrons. The van der Waals surface area contributed by atoms with Crippen LogP contribution in [-0.2, 0) is 0 Å². The van der Waals surface area contributed by atoms with Gasteiger partial charge in [-0.15, -0.1) is 0 Å². The van der Waals surface area contributed by atoms with E-state index < -0.39 is 6.61 Å². The molecular weight excluding hydrogens is 168 g/mol. The number of carbonyl (C=O) groups is 1. The van der Waals surface area contributed by atoms with Crippen LogP contribution in [0.3, 0.4) is 0 Å². The van der Waals surface area contributed by atoms with Crippen LogP contribution >= 0.6 is 0 Å². The normalized spacial score (nSPS) is 9.92. The molecular formula is C7H5F2NO2. The van der Waals surface area contributed by atoms with E-state index >= 15 is 0 Å². The van der Waals surface area contributed by atoms with E-state index in [1.54, 1.807) is 0 Å². The largest absolute Gasteiger partial charge is 0.434 e. The number of pyridine rings is 1. The molecule has 0 N–H and O–H groups in total. The molecule has 1 aromatic rings. The zero-order valence-corrected chi connectivity index (χ0v) is 5.91. The lowest BCUT2D eigenvalue weighted by Crippen LogP contribution is -2.04. The minimum absolute atomic E-state index is 0.0119. The van der Waals surface area contributed by atoms with Crippen LogP contribution in [0.1, 0.15) is 10.4 Å². The number of aromatic nitrogens is 1. The van der Waals surface area contributed by atoms with Crippen molar-refractivity contribution in [2.45, 2.75) is 6.61 Å². The third-order valence-corrected chi connectivity index (χ3v) is 1.15. The van der Waals surface area contributed by atoms with E-state index in [-0.39, 0.29) is 11.3 Å². The molecule has 3 nitrogen and oxygen atoms in total. The van der Waals surface area contributed by atoms with Crippen molar-refractivity contribution in [3.05, 3.63) is 24.0 Å². The Morgan fingerprint density at radius 3 is 2.92 bits per heavy atom. The smallest absolute Gasteiger partial charge is 0.387 e. The van der Waals surface area contributed by atoms with Crippen molar-refractivity contribution in [3.63, 3.8) is 0 Å². The van der Waals surface area contributed by atoms with Gasteiger partial charge in [-0.3, -0.25) is 9.78 Å². The quantitative estimate of drug-likeness (QED) is 0.650. The summed E-state index contributed by atoms with van der Waals surface area (Å²) < 4.78 is 27.4. The highest BCUT2D eigenvalue weighted by atomic mass is 19.3. The van der Waals surface area contributed by atoms with E-state index in [0.29, 0.717) is 6.29 Å². The van der Waals surface area contributed by atoms with E-state index in [1.807, 2.05) is 0 Å². The maximum atomic E-state index is 11.7. The molecule has 1 rings (SSSR count). The summed E-state index contributed by atoms with van der Waals surface area (Å²) in [6.07, 6.45) is 2.83. The first-order valence-corrected chi connectivity index (χ1v) is 3.08. The Morgan fingerprint density at radius 1 is 1.58 bits per heavy atom. The number of carbonyl (C=O) groups excluding carboxylic acids is 1. The molecule has 0 aliphatic heterocycles. The van der Waals surface area contributed by atoms with Gasteiger partial charge in [-0.2, -0.15) is 8.78 Å². The first-order valence-electron chi connectivity index (χ1n) is 3.08. The van der Waals surface area contributed by atoms with E-state index in [9.17, 15) is 13.6 Å². The van der Waals surface area contributed by atoms with Crippen molar-refractivity contribution in [1.82, 2.24) is 4.98 Å². The molecule has 12 heavy (non-hydrogen) atoms. The number of hydrogen-bond acceptors (Lipinski definition) is 3. The van der Waals surface area contributed by atoms with Crippen LogP contribution in [0.15, 0.2) is 18.5 Å². The molecule has 0 aromatic carbocycles. The summed E-state index contributed by atoms with van der Waals surface area (Å²) in [5, 5.41) is 0. The second-order valence-electron chi connectivity index (χ2n) is 1.91. The summed E-state index contributed by atoms with van der Waals surface area (Å²) in [6, 6.07) is 1.20. The monoisotopic (exact) mass is 173 g/mol. The molecule has 0 aliphatic carbocycles. The fourth-order valence-corrected chi connectivity index (χ4v) is 0.686. The number of ether oxygens (including phenoxy) is 1. The molecule has 0 saturated carbocycles. The molecule has 0 saturated heterocycles. The van der Waals surface area contributed by atoms with E-state index in [0.717, 1.165) is 6.20 Å². The third-order valence-electron chi connectivity index (χ3n) is 1.15. The summed E-state index contributed by atoms with van der Waals surface area (Å²) in [5.41, 5.74) is 0.0119. The summed E-state index contributed by atoms with van der Waals surface area (Å²) in [4.78, 5) is 13.8. The van der Waals surface area contributed by atoms with Gasteiger partial charge in [0.25, 0.3) is 0 Å². The fourth-order valence-electron chi connectivity index (χ4n) is 0.686. The molecule has 0 fully saturated rings. The van der Waals surface area contributed by atoms with Gasteiger partial charge in [0.2, 0.25) is 0 Å². The first-order chi connectivity index (χ1) is 5.74. The summed E-state index contributed by atoms with van der Waals surface area (Å²) >= 11 is 0. The van der Waals surface area contributed by atoms with Crippen molar-refractivity contribution in [1.29, 1.82) is 0 Å². The second kappa shape index (κ2) is 3.75. The average molecular weight is 173 g/mol. The minimum atomic E-state index is -2.92. The lowest BCUT2D eigenvalue weighted by molar-refractivity contribution is -0.0501. The minimum Gasteiger partial charge on any atom is -0.434 e. The SMILES string of the molecule is O=Cc1cnccc1OC(F)F. The van der Waals surface area contributed by atoms with Crippen molar-refractivity contribution >= 4 is 6.29 Å². The number of halogens is 2. The maximum Gasteiger partial charge on any atom is 0.387 e. The second-order valence-corrected chi connectivity index (χ2v) is 1.91. The standard InChI is InChI=1S/C7H5F2NO2/c8-7(9)12-6-1-2-10-3-5(6)4-11/h1-4,7H. The predicted molar refractivity (Wildman–Crippen MR) is 36.3 cm³/mol. The molecule has 0 bridgehead atoms. The van der Waals surface area contributed by atoms with Crippen LogP contribution in [-0.4, -0.2) is 17.9 Å². The Hall–Kier alpha value is -1.52. The van der Waals surface area contributed by atoms with Crippen LogP contribution < -0.4 is 4.74 Å². The zero-order valence-electron chi connectivity index (χ0n) is 5.91. The van der Waals surface area contributed by atoms with Crippen molar-refractivity contribution in [3.8, 4) is 5.75 Å². The number of nitrogens with zero attached hydrogens (tertiary/aromatic N) is 1. The number of alkyl halides is 2. The molecule has 0 aliphatic rings. The van der Waals surface area contributed by atoms with Crippen LogP contribution in [0.4, 0.5) is 8.78 Å². The van der Waals surface area contributed by atoms with Crippen LogP contribution in [0.2, 0.25) is 0 Å². The van der Waals surface area contributed by atoms with Gasteiger partial charge in [0.15, 0.2) is 6.29 Å². The van der Waals surface area contributed by atoms with E-state index in [2.05, 4.69) is 9.72 Å². The Balaban J connectivity index is 2.89. The zero-order chi connectivity index (χ0) is 8.97. The highest BCUT2D eigenvalue weighted by Gasteiger charge is 2.07. The first kappa shape index (κ1) is 8.58. The lowest BCUT2D eigenvalue weighted by Gasteiger charge is -2.04. The molecule has 0 spiro atoms. The Bertz CT molecular complexity index is 278. The average Bonchev–Trinajstić information content (AvgIpc) is 2.04. The summed E-state index contributed by atoms with van der Waals surface area (Å²) in [5.74, 6) is -0.157. The van der Waals surface area contributed by atoms with Gasteiger partial charge < -0.3 is 4.74 Å². The summed E-state index contributed by atoms with van der Waals surface area (Å²) in [7, 11) is 0. The van der Waals surface area contributed by atoms with E-state index in [4.69, 9.17) is 0 Å². The lowest BCUT2D eigenvalue weighted by atomic mass is 10.3. The molecule has 0 radical (unpaired) electrons. The van der Waals surface area contributed by atoms with Gasteiger partial charge >= 0.3 is 6.61 Å². The fraction of sp³-hybridized carbons (Fsp3) is 0.143. The van der Waals surface area contributed by atoms with Gasteiger partial charge in [-0.1, -0.05) is 0 Å². The highest BCUT2D eigenvalue weighted by Crippen LogP contribution is 2.16. The van der Waals surface area contributed by atoms with Crippen molar-refractivity contribution in [2.75, 3.05) is 0 Å². The molecule has 5 heteroatoms. The molecule has 1 heterocycles. The topological polar surface area (TPSA) is 39.2 Å². The number of aldehydes is 1. The molecule has 0 atom stereocenters. The molecule has 0 amide bonds. The third kappa shape index (κ3) is 1.98. The van der Waals surface area contributed by atoms with Gasteiger partial charge in [0.05, 0.1) is 5.56 Å². The number of rotatable bonds is 3. The summed E-state index contributed by atoms with van der Waals surface area (Å²) in [6.45, 7) is -2.92. The highest BCUT2D eigenvalue weighted by molar-refractivity contribution is 5.78. The van der Waals surface area contributed by atoms with Crippen LogP contribution in [0.25, 0.3) is 0 Å². The Morgan fingerprint density at radius 2 is 2.33 bits per heavy atom. The molecule has 1 aromatic heterocycles. The predicted octanol–water partition coefficient (Wildman–Crippen LogP) is 1.50. The van der Waals surface area contributed by atoms with Crippen molar-refractivity contribution in [2.24, 2.45) is 0 Å². The van der Waals surface area contributed by atoms with Crippen LogP contribution in [0.5, 0.6) is 5.75 Å². The van der Waals surface area contributed by atoms with Gasteiger partial charge in [0, 0.05) is 12.4 Å². The van der Waals surface area contributed by atoms with Gasteiger partial charge in [-0.25, -0.2) is 0 Å². The van der Waals surface area contributed by atoms with Gasteiger partial charge in [-0.05, 0) is 6.07 Å². The van der Waals surface area contributed by atoms with Crippen molar-refractivity contribution < 1.29 is 18.3 Å².